The van der Waals surface area contributed by atoms with Gasteiger partial charge in [-0.1, -0.05) is 121 Å². The van der Waals surface area contributed by atoms with E-state index in [1.165, 1.54) is 30.3 Å². The summed E-state index contributed by atoms with van der Waals surface area (Å²) in [6.45, 7) is 8.37. The van der Waals surface area contributed by atoms with Crippen molar-refractivity contribution < 1.29 is 53.2 Å². The molecule has 8 rings (SSSR count). The summed E-state index contributed by atoms with van der Waals surface area (Å²) < 4.78 is 13.2. The van der Waals surface area contributed by atoms with Gasteiger partial charge in [0.1, 0.15) is 29.8 Å². The molecule has 4 atom stereocenters. The highest BCUT2D eigenvalue weighted by atomic mass is 35.5. The molecule has 2 amide bonds. The molecule has 0 unspecified atom stereocenters. The number of Topliss-reactive ketones (excluding diaryl/α,β-unsaturated/α-hetero) is 2. The Morgan fingerprint density at radius 2 is 0.988 bits per heavy atom. The minimum atomic E-state index is -1.04. The van der Waals surface area contributed by atoms with Crippen LogP contribution < -0.4 is 22.1 Å². The number of hydrogen-bond donors (Lipinski definition) is 8. The zero-order valence-corrected chi connectivity index (χ0v) is 47.9. The number of aromatic amines is 1. The third kappa shape index (κ3) is 23.6. The van der Waals surface area contributed by atoms with Crippen LogP contribution in [0.1, 0.15) is 103 Å². The number of fused-ring (bicyclic) bond motifs is 2. The van der Waals surface area contributed by atoms with Gasteiger partial charge in [-0.05, 0) is 145 Å². The number of carboxylic acid groups (broad SMARTS) is 2. The quantitative estimate of drug-likeness (QED) is 0.0353. The minimum absolute atomic E-state index is 0.0657. The molecule has 2 aromatic heterocycles. The van der Waals surface area contributed by atoms with Crippen molar-refractivity contribution in [3.05, 3.63) is 204 Å². The number of hydrogen-bond acceptors (Lipinski definition) is 13. The number of aromatic nitrogens is 4. The van der Waals surface area contributed by atoms with Gasteiger partial charge in [0.2, 0.25) is 0 Å². The van der Waals surface area contributed by atoms with E-state index in [0.29, 0.717) is 60.7 Å². The summed E-state index contributed by atoms with van der Waals surface area (Å²) in [5, 5.41) is 23.3. The van der Waals surface area contributed by atoms with Crippen LogP contribution in [-0.2, 0) is 49.6 Å². The third-order valence-corrected chi connectivity index (χ3v) is 12.6. The van der Waals surface area contributed by atoms with Crippen LogP contribution in [0.2, 0.25) is 0 Å². The topological polar surface area (TPSA) is 312 Å². The van der Waals surface area contributed by atoms with Crippen molar-refractivity contribution in [3.63, 3.8) is 0 Å². The molecule has 0 aliphatic rings. The maximum absolute atomic E-state index is 12.8. The fourth-order valence-corrected chi connectivity index (χ4v) is 7.98. The van der Waals surface area contributed by atoms with Crippen LogP contribution in [0.15, 0.2) is 170 Å². The van der Waals surface area contributed by atoms with E-state index in [2.05, 4.69) is 37.5 Å². The molecule has 0 bridgehead atoms. The van der Waals surface area contributed by atoms with Gasteiger partial charge >= 0.3 is 18.0 Å². The first-order valence-electron chi connectivity index (χ1n) is 26.7. The lowest BCUT2D eigenvalue weighted by Gasteiger charge is -2.19. The van der Waals surface area contributed by atoms with E-state index in [-0.39, 0.29) is 23.5 Å². The molecule has 8 aromatic rings. The van der Waals surface area contributed by atoms with Crippen molar-refractivity contribution >= 4 is 75.3 Å². The van der Waals surface area contributed by atoms with E-state index < -0.39 is 47.7 Å². The Balaban J connectivity index is 0.000000251. The van der Waals surface area contributed by atoms with E-state index in [1.807, 2.05) is 121 Å². The first kappa shape index (κ1) is 66.6. The monoisotopic (exact) mass is 1150 g/mol. The number of nitrogens with two attached hydrogens (primary N) is 2. The van der Waals surface area contributed by atoms with Gasteiger partial charge in [-0.15, -0.1) is 0 Å². The molecule has 0 saturated heterocycles. The highest BCUT2D eigenvalue weighted by Crippen LogP contribution is 2.19. The lowest BCUT2D eigenvalue weighted by Crippen LogP contribution is -2.41. The maximum atomic E-state index is 12.8. The molecule has 0 fully saturated rings. The molecular formula is C63H73ClN8O11. The lowest BCUT2D eigenvalue weighted by atomic mass is 10.0. The Morgan fingerprint density at radius 1 is 0.554 bits per heavy atom. The molecular weight excluding hydrogens is 1080 g/mol. The molecule has 2 heterocycles. The number of amides is 2. The SMILES string of the molecule is CC(=O)[C@@H](N)CCc1ccccc1.CC(=O)[C@H](CCc1ccccc1)NC(=O)c1ccc2c(c1)ncn2C(=O)OC(C)(C)C.N[C@@H](CCc1ccccc1)C(=O)O.O=C(N[C@@H](CCc1ccccc1)C(=O)O)c1ccc2nc[nH]c2c1.OCl. The molecule has 20 heteroatoms. The zero-order chi connectivity index (χ0) is 60.9. The van der Waals surface area contributed by atoms with Gasteiger partial charge < -0.3 is 42.0 Å². The summed E-state index contributed by atoms with van der Waals surface area (Å²) in [5.74, 6) is -2.78. The second-order valence-electron chi connectivity index (χ2n) is 20.2. The predicted molar refractivity (Wildman–Crippen MR) is 320 cm³/mol. The molecule has 438 valence electrons. The van der Waals surface area contributed by atoms with Crippen molar-refractivity contribution in [2.24, 2.45) is 11.5 Å². The number of nitrogens with one attached hydrogen (secondary N) is 3. The predicted octanol–water partition coefficient (Wildman–Crippen LogP) is 9.22. The number of imidazole rings is 2. The summed E-state index contributed by atoms with van der Waals surface area (Å²) >= 11 is 3.64. The lowest BCUT2D eigenvalue weighted by molar-refractivity contribution is -0.140. The molecule has 0 aliphatic carbocycles. The van der Waals surface area contributed by atoms with Gasteiger partial charge in [-0.3, -0.25) is 28.6 Å². The molecule has 0 saturated carbocycles. The summed E-state index contributed by atoms with van der Waals surface area (Å²) in [5.41, 5.74) is 18.1. The van der Waals surface area contributed by atoms with E-state index >= 15 is 0 Å². The van der Waals surface area contributed by atoms with E-state index in [1.54, 1.807) is 63.5 Å². The number of carbonyl (C=O) groups excluding carboxylic acids is 5. The fourth-order valence-electron chi connectivity index (χ4n) is 7.98. The smallest absolute Gasteiger partial charge is 0.420 e. The minimum Gasteiger partial charge on any atom is -0.480 e. The molecule has 19 nitrogen and oxygen atoms in total. The Hall–Kier alpha value is -8.88. The third-order valence-electron chi connectivity index (χ3n) is 12.6. The van der Waals surface area contributed by atoms with Crippen molar-refractivity contribution in [2.45, 2.75) is 116 Å². The second-order valence-corrected chi connectivity index (χ2v) is 20.2. The van der Waals surface area contributed by atoms with Crippen LogP contribution in [0, 0.1) is 0 Å². The number of aliphatic carboxylic acids is 2. The van der Waals surface area contributed by atoms with E-state index in [4.69, 9.17) is 26.0 Å². The first-order valence-corrected chi connectivity index (χ1v) is 27.1. The highest BCUT2D eigenvalue weighted by molar-refractivity contribution is 6.05. The number of ketones is 2. The summed E-state index contributed by atoms with van der Waals surface area (Å²) in [6.07, 6.45) is 7.31. The number of aryl methyl sites for hydroxylation is 4. The summed E-state index contributed by atoms with van der Waals surface area (Å²) in [6, 6.07) is 46.5. The van der Waals surface area contributed by atoms with Crippen LogP contribution >= 0.6 is 11.9 Å². The van der Waals surface area contributed by atoms with Gasteiger partial charge in [0.15, 0.2) is 5.78 Å². The number of rotatable bonds is 20. The zero-order valence-electron chi connectivity index (χ0n) is 47.1. The molecule has 0 spiro atoms. The molecule has 0 radical (unpaired) electrons. The number of nitrogens with zero attached hydrogens (tertiary/aromatic N) is 3. The molecule has 83 heavy (non-hydrogen) atoms. The Bertz CT molecular complexity index is 3260. The number of halogens is 1. The summed E-state index contributed by atoms with van der Waals surface area (Å²) in [4.78, 5) is 93.4. The van der Waals surface area contributed by atoms with Gasteiger partial charge in [0.05, 0.1) is 52.3 Å². The van der Waals surface area contributed by atoms with Crippen molar-refractivity contribution in [1.29, 1.82) is 0 Å². The fraction of sp³-hybridized carbons (Fsp3) is 0.286. The largest absolute Gasteiger partial charge is 0.480 e. The Morgan fingerprint density at radius 3 is 1.43 bits per heavy atom. The van der Waals surface area contributed by atoms with Crippen molar-refractivity contribution in [3.8, 4) is 0 Å². The number of ether oxygens (including phenoxy) is 1. The molecule has 10 N–H and O–H groups in total. The number of H-pyrrole nitrogens is 1. The van der Waals surface area contributed by atoms with Gasteiger partial charge in [0.25, 0.3) is 11.8 Å². The first-order chi connectivity index (χ1) is 39.7. The van der Waals surface area contributed by atoms with Crippen LogP contribution in [0.3, 0.4) is 0 Å². The van der Waals surface area contributed by atoms with Gasteiger partial charge in [0, 0.05) is 11.1 Å². The molecule has 6 aromatic carbocycles. The van der Waals surface area contributed by atoms with Crippen LogP contribution in [0.25, 0.3) is 22.1 Å². The van der Waals surface area contributed by atoms with Crippen LogP contribution in [-0.4, -0.2) is 106 Å². The average molecular weight is 1150 g/mol. The molecule has 0 aliphatic heterocycles. The van der Waals surface area contributed by atoms with E-state index in [0.717, 1.165) is 40.6 Å². The maximum Gasteiger partial charge on any atom is 0.420 e. The standard InChI is InChI=1S/C24H27N3O4.C18H17N3O3.C11H15NO.C10H13NO2.ClHO/c1-16(28)19(12-10-17-8-6-5-7-9-17)26-22(29)18-11-13-21-20(14-18)25-15-27(21)23(30)31-24(2,3)4;22-17(13-7-9-14-16(10-13)20-11-19-14)21-15(18(23)24)8-6-12-4-2-1-3-5-12;1-9(13)11(12)8-7-10-5-3-2-4-6-10;11-9(10(12)13)7-6-8-4-2-1-3-5-8;1-2/h5-9,11,13-15,19H,10,12H2,1-4H3,(H,26,29);1-5,7,9-11,15H,6,8H2,(H,19,20)(H,21,22)(H,23,24);2-6,11H,7-8,12H2,1H3;1-5,9H,6-7,11H2,(H,12,13);2H/t19-;15-;11-;9-;/m0000./s1. The summed E-state index contributed by atoms with van der Waals surface area (Å²) in [7, 11) is 0. The van der Waals surface area contributed by atoms with Gasteiger partial charge in [-0.25, -0.2) is 24.1 Å². The number of carbonyl (C=O) groups is 7. The number of carboxylic acids is 2. The van der Waals surface area contributed by atoms with Crippen molar-refractivity contribution in [2.75, 3.05) is 0 Å². The average Bonchev–Trinajstić information content (AvgIpc) is 4.07. The number of benzene rings is 6. The van der Waals surface area contributed by atoms with Crippen LogP contribution in [0.4, 0.5) is 4.79 Å². The normalized spacial score (nSPS) is 12.1. The highest BCUT2D eigenvalue weighted by Gasteiger charge is 2.23. The van der Waals surface area contributed by atoms with Crippen LogP contribution in [0.5, 0.6) is 0 Å². The Labute approximate surface area is 487 Å². The second kappa shape index (κ2) is 34.4. The van der Waals surface area contributed by atoms with Crippen molar-refractivity contribution in [1.82, 2.24) is 30.2 Å². The van der Waals surface area contributed by atoms with Gasteiger partial charge in [-0.2, -0.15) is 0 Å². The Kier molecular flexibility index (Phi) is 27.6. The van der Waals surface area contributed by atoms with E-state index in [9.17, 15) is 38.7 Å².